The van der Waals surface area contributed by atoms with E-state index in [-0.39, 0.29) is 6.10 Å². The van der Waals surface area contributed by atoms with E-state index in [4.69, 9.17) is 15.2 Å². The third-order valence-corrected chi connectivity index (χ3v) is 3.42. The molecule has 0 aromatic heterocycles. The topological polar surface area (TPSA) is 44.5 Å². The second-order valence-electron chi connectivity index (χ2n) is 4.61. The highest BCUT2D eigenvalue weighted by molar-refractivity contribution is 7.98. The van der Waals surface area contributed by atoms with Gasteiger partial charge in [0.2, 0.25) is 0 Å². The van der Waals surface area contributed by atoms with E-state index >= 15 is 0 Å². The van der Waals surface area contributed by atoms with Gasteiger partial charge in [-0.15, -0.1) is 11.8 Å². The van der Waals surface area contributed by atoms with Crippen LogP contribution in [0, 0.1) is 0 Å². The average Bonchev–Trinajstić information content (AvgIpc) is 2.43. The SMILES string of the molecule is CSc1ccc(Oc2cccc(OC(C)C)c2N)cc1. The van der Waals surface area contributed by atoms with Gasteiger partial charge < -0.3 is 15.2 Å². The zero-order chi connectivity index (χ0) is 14.5. The molecule has 0 unspecified atom stereocenters. The van der Waals surface area contributed by atoms with Gasteiger partial charge in [-0.05, 0) is 56.5 Å². The molecule has 4 heteroatoms. The fourth-order valence-electron chi connectivity index (χ4n) is 1.74. The number of nitrogen functional groups attached to an aromatic ring is 1. The molecule has 2 rings (SSSR count). The number of ether oxygens (including phenoxy) is 2. The van der Waals surface area contributed by atoms with Gasteiger partial charge in [-0.3, -0.25) is 0 Å². The minimum atomic E-state index is 0.0772. The van der Waals surface area contributed by atoms with Crippen molar-refractivity contribution in [3.8, 4) is 17.2 Å². The minimum Gasteiger partial charge on any atom is -0.489 e. The van der Waals surface area contributed by atoms with Gasteiger partial charge in [0.15, 0.2) is 5.75 Å². The summed E-state index contributed by atoms with van der Waals surface area (Å²) in [5.74, 6) is 2.02. The van der Waals surface area contributed by atoms with Crippen molar-refractivity contribution >= 4 is 17.4 Å². The maximum absolute atomic E-state index is 6.08. The fourth-order valence-corrected chi connectivity index (χ4v) is 2.15. The first-order valence-corrected chi connectivity index (χ1v) is 7.69. The molecule has 0 spiro atoms. The third-order valence-electron chi connectivity index (χ3n) is 2.68. The smallest absolute Gasteiger partial charge is 0.154 e. The van der Waals surface area contributed by atoms with Gasteiger partial charge >= 0.3 is 0 Å². The molecule has 2 aromatic carbocycles. The lowest BCUT2D eigenvalue weighted by molar-refractivity contribution is 0.243. The van der Waals surface area contributed by atoms with Gasteiger partial charge in [0, 0.05) is 4.90 Å². The van der Waals surface area contributed by atoms with Gasteiger partial charge in [0.25, 0.3) is 0 Å². The van der Waals surface area contributed by atoms with Crippen molar-refractivity contribution in [3.63, 3.8) is 0 Å². The van der Waals surface area contributed by atoms with Gasteiger partial charge in [0.05, 0.1) is 6.10 Å². The molecule has 0 amide bonds. The molecule has 106 valence electrons. The van der Waals surface area contributed by atoms with Crippen LogP contribution in [0.2, 0.25) is 0 Å². The van der Waals surface area contributed by atoms with Crippen molar-refractivity contribution in [1.29, 1.82) is 0 Å². The van der Waals surface area contributed by atoms with Crippen LogP contribution in [0.25, 0.3) is 0 Å². The van der Waals surface area contributed by atoms with Crippen LogP contribution in [0.1, 0.15) is 13.8 Å². The molecule has 0 saturated carbocycles. The van der Waals surface area contributed by atoms with Crippen molar-refractivity contribution in [2.24, 2.45) is 0 Å². The van der Waals surface area contributed by atoms with Crippen molar-refractivity contribution in [3.05, 3.63) is 42.5 Å². The number of para-hydroxylation sites is 1. The van der Waals surface area contributed by atoms with Crippen LogP contribution >= 0.6 is 11.8 Å². The Bertz CT molecular complexity index is 567. The first-order chi connectivity index (χ1) is 9.60. The highest BCUT2D eigenvalue weighted by Gasteiger charge is 2.09. The lowest BCUT2D eigenvalue weighted by Crippen LogP contribution is -2.07. The van der Waals surface area contributed by atoms with Crippen LogP contribution in [0.3, 0.4) is 0 Å². The molecule has 20 heavy (non-hydrogen) atoms. The second kappa shape index (κ2) is 6.57. The lowest BCUT2D eigenvalue weighted by atomic mass is 10.2. The largest absolute Gasteiger partial charge is 0.489 e. The van der Waals surface area contributed by atoms with E-state index < -0.39 is 0 Å². The van der Waals surface area contributed by atoms with E-state index in [0.717, 1.165) is 5.75 Å². The molecule has 3 nitrogen and oxygen atoms in total. The van der Waals surface area contributed by atoms with Crippen LogP contribution in [0.15, 0.2) is 47.4 Å². The molecule has 0 fully saturated rings. The summed E-state index contributed by atoms with van der Waals surface area (Å²) in [4.78, 5) is 1.20. The van der Waals surface area contributed by atoms with E-state index in [1.165, 1.54) is 4.90 Å². The summed E-state index contributed by atoms with van der Waals surface area (Å²) in [5.41, 5.74) is 6.60. The monoisotopic (exact) mass is 289 g/mol. The Morgan fingerprint density at radius 1 is 1.00 bits per heavy atom. The summed E-state index contributed by atoms with van der Waals surface area (Å²) in [6.45, 7) is 3.93. The molecule has 2 N–H and O–H groups in total. The minimum absolute atomic E-state index is 0.0772. The molecule has 0 radical (unpaired) electrons. The normalized spacial score (nSPS) is 10.6. The fraction of sp³-hybridized carbons (Fsp3) is 0.250. The molecule has 0 bridgehead atoms. The number of hydrogen-bond acceptors (Lipinski definition) is 4. The lowest BCUT2D eigenvalue weighted by Gasteiger charge is -2.15. The Kier molecular flexibility index (Phi) is 4.79. The molecular weight excluding hydrogens is 270 g/mol. The van der Waals surface area contributed by atoms with E-state index in [1.54, 1.807) is 11.8 Å². The van der Waals surface area contributed by atoms with Crippen LogP contribution in [0.5, 0.6) is 17.2 Å². The summed E-state index contributed by atoms with van der Waals surface area (Å²) in [5, 5.41) is 0. The predicted octanol–water partition coefficient (Wildman–Crippen LogP) is 4.57. The Morgan fingerprint density at radius 2 is 1.65 bits per heavy atom. The highest BCUT2D eigenvalue weighted by atomic mass is 32.2. The predicted molar refractivity (Wildman–Crippen MR) is 84.9 cm³/mol. The van der Waals surface area contributed by atoms with Crippen LogP contribution in [0.4, 0.5) is 5.69 Å². The summed E-state index contributed by atoms with van der Waals surface area (Å²) >= 11 is 1.70. The van der Waals surface area contributed by atoms with Crippen LogP contribution < -0.4 is 15.2 Å². The number of thioether (sulfide) groups is 1. The van der Waals surface area contributed by atoms with Gasteiger partial charge in [0.1, 0.15) is 17.2 Å². The number of rotatable bonds is 5. The molecule has 0 saturated heterocycles. The summed E-state index contributed by atoms with van der Waals surface area (Å²) < 4.78 is 11.5. The quantitative estimate of drug-likeness (QED) is 0.647. The Hall–Kier alpha value is -1.81. The average molecular weight is 289 g/mol. The first-order valence-electron chi connectivity index (χ1n) is 6.47. The third kappa shape index (κ3) is 3.61. The number of nitrogens with two attached hydrogens (primary N) is 1. The zero-order valence-electron chi connectivity index (χ0n) is 11.9. The molecule has 0 aliphatic heterocycles. The maximum atomic E-state index is 6.08. The van der Waals surface area contributed by atoms with Crippen molar-refractivity contribution in [2.45, 2.75) is 24.8 Å². The van der Waals surface area contributed by atoms with Gasteiger partial charge in [-0.2, -0.15) is 0 Å². The Balaban J connectivity index is 2.20. The number of benzene rings is 2. The first kappa shape index (κ1) is 14.6. The molecule has 2 aromatic rings. The Morgan fingerprint density at radius 3 is 2.25 bits per heavy atom. The standard InChI is InChI=1S/C16H19NO2S/c1-11(2)18-14-5-4-6-15(16(14)17)19-12-7-9-13(20-3)10-8-12/h4-11H,17H2,1-3H3. The van der Waals surface area contributed by atoms with Gasteiger partial charge in [-0.1, -0.05) is 6.07 Å². The zero-order valence-corrected chi connectivity index (χ0v) is 12.7. The number of hydrogen-bond donors (Lipinski definition) is 1. The van der Waals surface area contributed by atoms with Crippen molar-refractivity contribution in [2.75, 3.05) is 12.0 Å². The van der Waals surface area contributed by atoms with Gasteiger partial charge in [-0.25, -0.2) is 0 Å². The highest BCUT2D eigenvalue weighted by Crippen LogP contribution is 2.35. The summed E-state index contributed by atoms with van der Waals surface area (Å²) in [6, 6.07) is 13.5. The van der Waals surface area contributed by atoms with E-state index in [1.807, 2.05) is 62.6 Å². The van der Waals surface area contributed by atoms with Crippen molar-refractivity contribution in [1.82, 2.24) is 0 Å². The Labute approximate surface area is 124 Å². The maximum Gasteiger partial charge on any atom is 0.154 e. The molecule has 0 aliphatic carbocycles. The van der Waals surface area contributed by atoms with Crippen LogP contribution in [-0.2, 0) is 0 Å². The molecule has 0 aliphatic rings. The molecular formula is C16H19NO2S. The van der Waals surface area contributed by atoms with E-state index in [2.05, 4.69) is 0 Å². The summed E-state index contributed by atoms with van der Waals surface area (Å²) in [6.07, 6.45) is 2.12. The summed E-state index contributed by atoms with van der Waals surface area (Å²) in [7, 11) is 0. The van der Waals surface area contributed by atoms with E-state index in [0.29, 0.717) is 17.2 Å². The van der Waals surface area contributed by atoms with E-state index in [9.17, 15) is 0 Å². The second-order valence-corrected chi connectivity index (χ2v) is 5.49. The molecule has 0 atom stereocenters. The van der Waals surface area contributed by atoms with Crippen molar-refractivity contribution < 1.29 is 9.47 Å². The van der Waals surface area contributed by atoms with Crippen LogP contribution in [-0.4, -0.2) is 12.4 Å². The number of anilines is 1. The molecule has 0 heterocycles.